The Morgan fingerprint density at radius 1 is 1.46 bits per heavy atom. The Bertz CT molecular complexity index is 666. The van der Waals surface area contributed by atoms with Crippen LogP contribution in [0.4, 0.5) is 5.69 Å². The van der Waals surface area contributed by atoms with E-state index in [2.05, 4.69) is 18.3 Å². The van der Waals surface area contributed by atoms with E-state index in [9.17, 15) is 10.1 Å². The lowest BCUT2D eigenvalue weighted by atomic mass is 9.78. The lowest BCUT2D eigenvalue weighted by molar-refractivity contribution is -0.148. The predicted octanol–water partition coefficient (Wildman–Crippen LogP) is 4.66. The summed E-state index contributed by atoms with van der Waals surface area (Å²) in [6.07, 6.45) is 4.45. The van der Waals surface area contributed by atoms with Gasteiger partial charge in [-0.25, -0.2) is 0 Å². The normalized spacial score (nSPS) is 22.7. The van der Waals surface area contributed by atoms with Gasteiger partial charge in [-0.2, -0.15) is 5.26 Å². The molecule has 2 rings (SSSR count). The molecule has 2 atom stereocenters. The molecule has 0 saturated heterocycles. The molecule has 1 N–H and O–H groups in total. The predicted molar refractivity (Wildman–Crippen MR) is 102 cm³/mol. The van der Waals surface area contributed by atoms with Gasteiger partial charge in [-0.1, -0.05) is 20.3 Å². The highest BCUT2D eigenvalue weighted by molar-refractivity contribution is 5.97. The summed E-state index contributed by atoms with van der Waals surface area (Å²) in [5, 5.41) is 12.3. The average molecular weight is 358 g/mol. The molecule has 0 aromatic heterocycles. The van der Waals surface area contributed by atoms with Gasteiger partial charge in [0.1, 0.15) is 17.4 Å². The van der Waals surface area contributed by atoms with Crippen LogP contribution in [0.1, 0.15) is 65.4 Å². The Balaban J connectivity index is 2.19. The van der Waals surface area contributed by atoms with Gasteiger partial charge in [-0.15, -0.1) is 0 Å². The Kier molecular flexibility index (Phi) is 7.05. The van der Waals surface area contributed by atoms with E-state index >= 15 is 0 Å². The Hall–Kier alpha value is -2.06. The molecule has 5 heteroatoms. The lowest BCUT2D eigenvalue weighted by Gasteiger charge is -2.38. The van der Waals surface area contributed by atoms with Crippen molar-refractivity contribution < 1.29 is 14.3 Å². The van der Waals surface area contributed by atoms with Crippen molar-refractivity contribution in [1.82, 2.24) is 0 Å². The zero-order valence-corrected chi connectivity index (χ0v) is 16.3. The number of anilines is 1. The third kappa shape index (κ3) is 4.98. The molecule has 0 bridgehead atoms. The van der Waals surface area contributed by atoms with E-state index in [1.807, 2.05) is 20.8 Å². The van der Waals surface area contributed by atoms with Crippen LogP contribution in [0, 0.1) is 17.2 Å². The molecule has 0 spiro atoms. The summed E-state index contributed by atoms with van der Waals surface area (Å²) in [4.78, 5) is 13.1. The van der Waals surface area contributed by atoms with E-state index in [0.717, 1.165) is 32.1 Å². The number of nitriles is 1. The van der Waals surface area contributed by atoms with E-state index in [0.29, 0.717) is 29.5 Å². The highest BCUT2D eigenvalue weighted by Gasteiger charge is 2.42. The van der Waals surface area contributed by atoms with Crippen LogP contribution >= 0.6 is 0 Å². The van der Waals surface area contributed by atoms with Crippen LogP contribution in [-0.2, 0) is 9.53 Å². The van der Waals surface area contributed by atoms with E-state index in [1.54, 1.807) is 18.2 Å². The topological polar surface area (TPSA) is 71.3 Å². The van der Waals surface area contributed by atoms with Gasteiger partial charge in [-0.3, -0.25) is 4.79 Å². The maximum Gasteiger partial charge on any atom is 0.256 e. The number of ether oxygens (including phenoxy) is 2. The van der Waals surface area contributed by atoms with Crippen molar-refractivity contribution in [2.24, 2.45) is 5.92 Å². The van der Waals surface area contributed by atoms with Crippen LogP contribution in [0.25, 0.3) is 0 Å². The fraction of sp³-hybridized carbons (Fsp3) is 0.619. The summed E-state index contributed by atoms with van der Waals surface area (Å²) in [5.74, 6) is 0.880. The molecule has 26 heavy (non-hydrogen) atoms. The van der Waals surface area contributed by atoms with Crippen LogP contribution in [0.5, 0.6) is 5.75 Å². The second-order valence-corrected chi connectivity index (χ2v) is 7.49. The monoisotopic (exact) mass is 358 g/mol. The summed E-state index contributed by atoms with van der Waals surface area (Å²) >= 11 is 0. The summed E-state index contributed by atoms with van der Waals surface area (Å²) < 4.78 is 11.7. The van der Waals surface area contributed by atoms with Gasteiger partial charge in [0.05, 0.1) is 11.7 Å². The quantitative estimate of drug-likeness (QED) is 0.769. The van der Waals surface area contributed by atoms with Gasteiger partial charge in [0.2, 0.25) is 0 Å². The van der Waals surface area contributed by atoms with E-state index in [1.165, 1.54) is 0 Å². The molecule has 1 aromatic carbocycles. The zero-order chi connectivity index (χ0) is 19.2. The second kappa shape index (κ2) is 9.05. The van der Waals surface area contributed by atoms with Gasteiger partial charge >= 0.3 is 0 Å². The van der Waals surface area contributed by atoms with E-state index in [-0.39, 0.29) is 12.0 Å². The van der Waals surface area contributed by atoms with Crippen LogP contribution in [0.3, 0.4) is 0 Å². The summed E-state index contributed by atoms with van der Waals surface area (Å²) in [7, 11) is 0. The third-order valence-electron chi connectivity index (χ3n) is 4.67. The molecule has 0 heterocycles. The first-order valence-corrected chi connectivity index (χ1v) is 9.56. The number of carbonyl (C=O) groups excluding carboxylic acids is 1. The molecule has 1 amide bonds. The highest BCUT2D eigenvalue weighted by atomic mass is 16.5. The van der Waals surface area contributed by atoms with Crippen LogP contribution in [0.15, 0.2) is 18.2 Å². The molecular weight excluding hydrogens is 328 g/mol. The first-order chi connectivity index (χ1) is 12.4. The molecule has 1 aliphatic carbocycles. The molecule has 1 aromatic rings. The van der Waals surface area contributed by atoms with E-state index in [4.69, 9.17) is 9.47 Å². The fourth-order valence-electron chi connectivity index (χ4n) is 3.50. The van der Waals surface area contributed by atoms with Crippen molar-refractivity contribution in [2.45, 2.75) is 71.5 Å². The van der Waals surface area contributed by atoms with Crippen LogP contribution in [-0.4, -0.2) is 24.2 Å². The molecule has 0 aliphatic heterocycles. The molecule has 1 saturated carbocycles. The minimum atomic E-state index is -0.770. The number of nitrogens with one attached hydrogen (secondary N) is 1. The fourth-order valence-corrected chi connectivity index (χ4v) is 3.50. The average Bonchev–Trinajstić information content (AvgIpc) is 2.60. The van der Waals surface area contributed by atoms with Crippen molar-refractivity contribution in [3.05, 3.63) is 23.8 Å². The molecule has 142 valence electrons. The number of nitrogens with zero attached hydrogens (tertiary/aromatic N) is 1. The Morgan fingerprint density at radius 2 is 2.23 bits per heavy atom. The van der Waals surface area contributed by atoms with E-state index < -0.39 is 5.60 Å². The SMILES string of the molecule is CCCOC1(C(=O)Nc2ccc(OC(C)C)c(C#N)c2)CCCC(C)C1. The number of hydrogen-bond donors (Lipinski definition) is 1. The summed E-state index contributed by atoms with van der Waals surface area (Å²) in [5.41, 5.74) is 0.241. The minimum Gasteiger partial charge on any atom is -0.490 e. The number of benzene rings is 1. The summed E-state index contributed by atoms with van der Waals surface area (Å²) in [6, 6.07) is 7.31. The number of amides is 1. The van der Waals surface area contributed by atoms with Gasteiger partial charge in [0, 0.05) is 12.3 Å². The van der Waals surface area contributed by atoms with Gasteiger partial charge < -0.3 is 14.8 Å². The van der Waals surface area contributed by atoms with Crippen molar-refractivity contribution in [2.75, 3.05) is 11.9 Å². The Labute approximate surface area is 156 Å². The van der Waals surface area contributed by atoms with Crippen molar-refractivity contribution in [1.29, 1.82) is 5.26 Å². The van der Waals surface area contributed by atoms with Crippen molar-refractivity contribution in [3.63, 3.8) is 0 Å². The molecular formula is C21H30N2O3. The number of rotatable bonds is 7. The molecule has 2 unspecified atom stereocenters. The second-order valence-electron chi connectivity index (χ2n) is 7.49. The van der Waals surface area contributed by atoms with Crippen LogP contribution < -0.4 is 10.1 Å². The first-order valence-electron chi connectivity index (χ1n) is 9.56. The third-order valence-corrected chi connectivity index (χ3v) is 4.67. The maximum absolute atomic E-state index is 13.1. The van der Waals surface area contributed by atoms with Gasteiger partial charge in [-0.05, 0) is 63.6 Å². The molecule has 0 radical (unpaired) electrons. The standard InChI is InChI=1S/C21H30N2O3/c1-5-11-25-21(10-6-7-16(4)13-21)20(24)23-18-8-9-19(26-15(2)3)17(12-18)14-22/h8-9,12,15-16H,5-7,10-11,13H2,1-4H3,(H,23,24). The van der Waals surface area contributed by atoms with Gasteiger partial charge in [0.25, 0.3) is 5.91 Å². The first kappa shape index (κ1) is 20.3. The molecule has 1 aliphatic rings. The maximum atomic E-state index is 13.1. The highest BCUT2D eigenvalue weighted by Crippen LogP contribution is 2.36. The Morgan fingerprint density at radius 3 is 2.85 bits per heavy atom. The largest absolute Gasteiger partial charge is 0.490 e. The van der Waals surface area contributed by atoms with Crippen molar-refractivity contribution in [3.8, 4) is 11.8 Å². The van der Waals surface area contributed by atoms with Crippen molar-refractivity contribution >= 4 is 11.6 Å². The molecule has 5 nitrogen and oxygen atoms in total. The lowest BCUT2D eigenvalue weighted by Crippen LogP contribution is -2.48. The van der Waals surface area contributed by atoms with Crippen LogP contribution in [0.2, 0.25) is 0 Å². The zero-order valence-electron chi connectivity index (χ0n) is 16.3. The smallest absolute Gasteiger partial charge is 0.256 e. The summed E-state index contributed by atoms with van der Waals surface area (Å²) in [6.45, 7) is 8.61. The number of carbonyl (C=O) groups is 1. The van der Waals surface area contributed by atoms with Gasteiger partial charge in [0.15, 0.2) is 0 Å². The minimum absolute atomic E-state index is 0.0167. The molecule has 1 fully saturated rings. The number of hydrogen-bond acceptors (Lipinski definition) is 4.